The number of pyridine rings is 1. The molecule has 0 fully saturated rings. The SMILES string of the molecule is CC(N)c1nc(Cl)c2cc(O)ccn12. The van der Waals surface area contributed by atoms with Crippen LogP contribution in [0.4, 0.5) is 0 Å². The van der Waals surface area contributed by atoms with Crippen molar-refractivity contribution in [1.82, 2.24) is 9.38 Å². The lowest BCUT2D eigenvalue weighted by atomic mass is 10.3. The largest absolute Gasteiger partial charge is 0.508 e. The summed E-state index contributed by atoms with van der Waals surface area (Å²) in [6.07, 6.45) is 1.70. The highest BCUT2D eigenvalue weighted by atomic mass is 35.5. The monoisotopic (exact) mass is 211 g/mol. The minimum absolute atomic E-state index is 0.163. The van der Waals surface area contributed by atoms with Gasteiger partial charge in [-0.15, -0.1) is 0 Å². The zero-order valence-electron chi connectivity index (χ0n) is 7.61. The van der Waals surface area contributed by atoms with Crippen LogP contribution in [0.5, 0.6) is 5.75 Å². The molecular formula is C9H10ClN3O. The van der Waals surface area contributed by atoms with Crippen molar-refractivity contribution in [3.05, 3.63) is 29.3 Å². The van der Waals surface area contributed by atoms with Crippen LogP contribution in [-0.2, 0) is 0 Å². The predicted molar refractivity (Wildman–Crippen MR) is 54.5 cm³/mol. The normalized spacial score (nSPS) is 13.4. The van der Waals surface area contributed by atoms with Gasteiger partial charge in [0.05, 0.1) is 11.6 Å². The molecule has 4 nitrogen and oxygen atoms in total. The van der Waals surface area contributed by atoms with Gasteiger partial charge in [0.25, 0.3) is 0 Å². The topological polar surface area (TPSA) is 63.5 Å². The molecule has 74 valence electrons. The fourth-order valence-electron chi connectivity index (χ4n) is 1.38. The summed E-state index contributed by atoms with van der Waals surface area (Å²) < 4.78 is 1.77. The van der Waals surface area contributed by atoms with E-state index in [0.29, 0.717) is 16.5 Å². The number of hydrogen-bond donors (Lipinski definition) is 2. The zero-order valence-corrected chi connectivity index (χ0v) is 8.36. The minimum atomic E-state index is -0.195. The summed E-state index contributed by atoms with van der Waals surface area (Å²) in [5.41, 5.74) is 6.39. The van der Waals surface area contributed by atoms with Crippen molar-refractivity contribution in [3.8, 4) is 5.75 Å². The molecule has 0 aliphatic heterocycles. The zero-order chi connectivity index (χ0) is 10.3. The van der Waals surface area contributed by atoms with Gasteiger partial charge < -0.3 is 15.2 Å². The summed E-state index contributed by atoms with van der Waals surface area (Å²) >= 11 is 5.90. The van der Waals surface area contributed by atoms with Gasteiger partial charge in [-0.1, -0.05) is 11.6 Å². The molecule has 0 aliphatic rings. The second-order valence-electron chi connectivity index (χ2n) is 3.19. The van der Waals surface area contributed by atoms with E-state index in [2.05, 4.69) is 4.98 Å². The molecular weight excluding hydrogens is 202 g/mol. The molecule has 5 heteroatoms. The third kappa shape index (κ3) is 1.32. The minimum Gasteiger partial charge on any atom is -0.508 e. The number of aromatic nitrogens is 2. The molecule has 0 saturated heterocycles. The standard InChI is InChI=1S/C9H10ClN3O/c1-5(11)9-12-8(10)7-4-6(14)2-3-13(7)9/h2-5,14H,11H2,1H3. The van der Waals surface area contributed by atoms with Gasteiger partial charge in [-0.2, -0.15) is 0 Å². The summed E-state index contributed by atoms with van der Waals surface area (Å²) in [4.78, 5) is 4.12. The molecule has 0 spiro atoms. The van der Waals surface area contributed by atoms with Gasteiger partial charge in [-0.25, -0.2) is 4.98 Å². The summed E-state index contributed by atoms with van der Waals surface area (Å²) in [7, 11) is 0. The number of halogens is 1. The number of aromatic hydroxyl groups is 1. The molecule has 0 aliphatic carbocycles. The maximum absolute atomic E-state index is 9.27. The first-order valence-electron chi connectivity index (χ1n) is 4.21. The first kappa shape index (κ1) is 9.30. The fraction of sp³-hybridized carbons (Fsp3) is 0.222. The van der Waals surface area contributed by atoms with Crippen LogP contribution in [0.15, 0.2) is 18.3 Å². The third-order valence-corrected chi connectivity index (χ3v) is 2.29. The summed E-state index contributed by atoms with van der Waals surface area (Å²) in [6.45, 7) is 1.83. The van der Waals surface area contributed by atoms with Crippen molar-refractivity contribution in [3.63, 3.8) is 0 Å². The Balaban J connectivity index is 2.77. The second kappa shape index (κ2) is 3.15. The van der Waals surface area contributed by atoms with Crippen LogP contribution in [0.1, 0.15) is 18.8 Å². The predicted octanol–water partition coefficient (Wildman–Crippen LogP) is 1.71. The van der Waals surface area contributed by atoms with E-state index in [1.165, 1.54) is 0 Å². The Bertz CT molecular complexity index is 478. The highest BCUT2D eigenvalue weighted by Crippen LogP contribution is 2.24. The van der Waals surface area contributed by atoms with Gasteiger partial charge in [-0.05, 0) is 13.0 Å². The lowest BCUT2D eigenvalue weighted by molar-refractivity contribution is 0.475. The van der Waals surface area contributed by atoms with Crippen LogP contribution < -0.4 is 5.73 Å². The highest BCUT2D eigenvalue weighted by Gasteiger charge is 2.12. The smallest absolute Gasteiger partial charge is 0.155 e. The molecule has 2 aromatic heterocycles. The second-order valence-corrected chi connectivity index (χ2v) is 3.55. The number of hydrogen-bond acceptors (Lipinski definition) is 3. The summed E-state index contributed by atoms with van der Waals surface area (Å²) in [5, 5.41) is 9.63. The lowest BCUT2D eigenvalue weighted by Crippen LogP contribution is -2.09. The van der Waals surface area contributed by atoms with Crippen molar-refractivity contribution < 1.29 is 5.11 Å². The van der Waals surface area contributed by atoms with Crippen molar-refractivity contribution in [1.29, 1.82) is 0 Å². The average Bonchev–Trinajstić information content (AvgIpc) is 2.44. The third-order valence-electron chi connectivity index (χ3n) is 2.02. The fourth-order valence-corrected chi connectivity index (χ4v) is 1.61. The van der Waals surface area contributed by atoms with E-state index in [1.54, 1.807) is 22.7 Å². The van der Waals surface area contributed by atoms with E-state index < -0.39 is 0 Å². The number of nitrogens with two attached hydrogens (primary N) is 1. The van der Waals surface area contributed by atoms with Crippen LogP contribution in [0.3, 0.4) is 0 Å². The molecule has 0 bridgehead atoms. The van der Waals surface area contributed by atoms with E-state index in [0.717, 1.165) is 0 Å². The lowest BCUT2D eigenvalue weighted by Gasteiger charge is -2.03. The Hall–Kier alpha value is -1.26. The van der Waals surface area contributed by atoms with E-state index >= 15 is 0 Å². The average molecular weight is 212 g/mol. The Morgan fingerprint density at radius 1 is 1.64 bits per heavy atom. The van der Waals surface area contributed by atoms with Gasteiger partial charge in [-0.3, -0.25) is 0 Å². The van der Waals surface area contributed by atoms with Gasteiger partial charge in [0.2, 0.25) is 0 Å². The van der Waals surface area contributed by atoms with Gasteiger partial charge in [0.1, 0.15) is 11.6 Å². The van der Waals surface area contributed by atoms with Crippen LogP contribution >= 0.6 is 11.6 Å². The van der Waals surface area contributed by atoms with E-state index in [9.17, 15) is 5.11 Å². The van der Waals surface area contributed by atoms with Crippen LogP contribution in [-0.4, -0.2) is 14.5 Å². The molecule has 3 N–H and O–H groups in total. The molecule has 0 saturated carbocycles. The Labute approximate surface area is 85.9 Å². The molecule has 1 unspecified atom stereocenters. The summed E-state index contributed by atoms with van der Waals surface area (Å²) in [6, 6.07) is 2.93. The number of rotatable bonds is 1. The first-order chi connectivity index (χ1) is 6.59. The molecule has 0 radical (unpaired) electrons. The van der Waals surface area contributed by atoms with Gasteiger partial charge in [0.15, 0.2) is 5.15 Å². The molecule has 0 amide bonds. The van der Waals surface area contributed by atoms with Gasteiger partial charge >= 0.3 is 0 Å². The molecule has 14 heavy (non-hydrogen) atoms. The van der Waals surface area contributed by atoms with Crippen molar-refractivity contribution in [2.24, 2.45) is 5.73 Å². The Morgan fingerprint density at radius 2 is 2.36 bits per heavy atom. The number of fused-ring (bicyclic) bond motifs is 1. The quantitative estimate of drug-likeness (QED) is 0.755. The van der Waals surface area contributed by atoms with Gasteiger partial charge in [0, 0.05) is 12.3 Å². The Morgan fingerprint density at radius 3 is 3.00 bits per heavy atom. The number of imidazole rings is 1. The van der Waals surface area contributed by atoms with E-state index in [1.807, 2.05) is 6.92 Å². The number of nitrogens with zero attached hydrogens (tertiary/aromatic N) is 2. The van der Waals surface area contributed by atoms with Crippen LogP contribution in [0.2, 0.25) is 5.15 Å². The van der Waals surface area contributed by atoms with E-state index in [-0.39, 0.29) is 11.8 Å². The molecule has 0 aromatic carbocycles. The maximum Gasteiger partial charge on any atom is 0.155 e. The maximum atomic E-state index is 9.27. The van der Waals surface area contributed by atoms with Crippen molar-refractivity contribution in [2.45, 2.75) is 13.0 Å². The molecule has 2 heterocycles. The highest BCUT2D eigenvalue weighted by molar-refractivity contribution is 6.32. The van der Waals surface area contributed by atoms with Crippen molar-refractivity contribution in [2.75, 3.05) is 0 Å². The van der Waals surface area contributed by atoms with Crippen LogP contribution in [0, 0.1) is 0 Å². The van der Waals surface area contributed by atoms with Crippen molar-refractivity contribution >= 4 is 17.1 Å². The first-order valence-corrected chi connectivity index (χ1v) is 4.59. The molecule has 1 atom stereocenters. The Kier molecular flexibility index (Phi) is 2.09. The molecule has 2 aromatic rings. The van der Waals surface area contributed by atoms with Crippen LogP contribution in [0.25, 0.3) is 5.52 Å². The van der Waals surface area contributed by atoms with E-state index in [4.69, 9.17) is 17.3 Å². The summed E-state index contributed by atoms with van der Waals surface area (Å²) in [5.74, 6) is 0.848. The molecule has 2 rings (SSSR count).